The quantitative estimate of drug-likeness (QED) is 0.850. The number of imidazole rings is 1. The zero-order valence-electron chi connectivity index (χ0n) is 10.7. The van der Waals surface area contributed by atoms with Gasteiger partial charge in [0.25, 0.3) is 0 Å². The predicted octanol–water partition coefficient (Wildman–Crippen LogP) is 3.35. The summed E-state index contributed by atoms with van der Waals surface area (Å²) in [7, 11) is 0. The van der Waals surface area contributed by atoms with Crippen molar-refractivity contribution in [1.29, 1.82) is 0 Å². The Morgan fingerprint density at radius 2 is 2.28 bits per heavy atom. The molecule has 0 amide bonds. The molecular formula is C14H18FN3. The maximum absolute atomic E-state index is 13.2. The Labute approximate surface area is 106 Å². The van der Waals surface area contributed by atoms with Gasteiger partial charge in [-0.3, -0.25) is 0 Å². The van der Waals surface area contributed by atoms with E-state index >= 15 is 0 Å². The van der Waals surface area contributed by atoms with Crippen LogP contribution in [-0.4, -0.2) is 9.97 Å². The molecule has 2 rings (SSSR count). The van der Waals surface area contributed by atoms with Gasteiger partial charge in [-0.2, -0.15) is 0 Å². The minimum atomic E-state index is -0.196. The molecule has 1 heterocycles. The topological polar surface area (TPSA) is 40.7 Å². The van der Waals surface area contributed by atoms with Crippen molar-refractivity contribution in [2.45, 2.75) is 32.4 Å². The van der Waals surface area contributed by atoms with Crippen LogP contribution >= 0.6 is 0 Å². The van der Waals surface area contributed by atoms with Gasteiger partial charge in [-0.05, 0) is 31.0 Å². The number of aromatic nitrogens is 2. The average Bonchev–Trinajstić information content (AvgIpc) is 2.89. The normalized spacial score (nSPS) is 14.4. The Bertz CT molecular complexity index is 482. The van der Waals surface area contributed by atoms with Gasteiger partial charge in [0.1, 0.15) is 11.6 Å². The third-order valence-electron chi connectivity index (χ3n) is 3.04. The van der Waals surface area contributed by atoms with E-state index in [0.29, 0.717) is 0 Å². The molecule has 0 aliphatic rings. The number of halogens is 1. The lowest BCUT2D eigenvalue weighted by molar-refractivity contribution is 0.443. The first-order chi connectivity index (χ1) is 8.70. The number of nitrogens with one attached hydrogen (secondary N) is 2. The first-order valence-corrected chi connectivity index (χ1v) is 6.21. The molecule has 0 aliphatic heterocycles. The van der Waals surface area contributed by atoms with Gasteiger partial charge in [0.2, 0.25) is 0 Å². The maximum Gasteiger partial charge on any atom is 0.123 e. The Hall–Kier alpha value is -1.68. The molecule has 0 aliphatic carbocycles. The minimum Gasteiger partial charge on any atom is -0.347 e. The summed E-state index contributed by atoms with van der Waals surface area (Å²) in [6.07, 6.45) is 4.43. The lowest BCUT2D eigenvalue weighted by atomic mass is 10.0. The monoisotopic (exact) mass is 247 g/mol. The van der Waals surface area contributed by atoms with E-state index in [1.54, 1.807) is 24.5 Å². The Morgan fingerprint density at radius 1 is 1.44 bits per heavy atom. The second kappa shape index (κ2) is 5.78. The fourth-order valence-electron chi connectivity index (χ4n) is 2.07. The third kappa shape index (κ3) is 2.96. The first kappa shape index (κ1) is 12.8. The molecule has 18 heavy (non-hydrogen) atoms. The highest BCUT2D eigenvalue weighted by molar-refractivity contribution is 5.20. The highest BCUT2D eigenvalue weighted by Gasteiger charge is 2.15. The van der Waals surface area contributed by atoms with Crippen molar-refractivity contribution in [3.8, 4) is 0 Å². The van der Waals surface area contributed by atoms with E-state index in [2.05, 4.69) is 22.2 Å². The third-order valence-corrected chi connectivity index (χ3v) is 3.04. The van der Waals surface area contributed by atoms with Crippen LogP contribution < -0.4 is 5.32 Å². The highest BCUT2D eigenvalue weighted by Crippen LogP contribution is 2.21. The Balaban J connectivity index is 2.10. The molecule has 0 spiro atoms. The van der Waals surface area contributed by atoms with Gasteiger partial charge in [-0.25, -0.2) is 9.37 Å². The van der Waals surface area contributed by atoms with Gasteiger partial charge < -0.3 is 10.3 Å². The van der Waals surface area contributed by atoms with Crippen LogP contribution in [0.25, 0.3) is 0 Å². The largest absolute Gasteiger partial charge is 0.347 e. The molecule has 2 N–H and O–H groups in total. The average molecular weight is 247 g/mol. The summed E-state index contributed by atoms with van der Waals surface area (Å²) >= 11 is 0. The smallest absolute Gasteiger partial charge is 0.123 e. The highest BCUT2D eigenvalue weighted by atomic mass is 19.1. The fraction of sp³-hybridized carbons (Fsp3) is 0.357. The van der Waals surface area contributed by atoms with Crippen molar-refractivity contribution in [2.75, 3.05) is 0 Å². The number of rotatable bonds is 5. The summed E-state index contributed by atoms with van der Waals surface area (Å²) in [6, 6.07) is 6.96. The van der Waals surface area contributed by atoms with Crippen molar-refractivity contribution in [3.63, 3.8) is 0 Å². The second-order valence-corrected chi connectivity index (χ2v) is 4.38. The Kier molecular flexibility index (Phi) is 4.10. The zero-order valence-corrected chi connectivity index (χ0v) is 10.7. The standard InChI is InChI=1S/C14H18FN3/c1-3-13(11-5-4-6-12(15)9-11)18-10(2)14-16-7-8-17-14/h4-10,13,18H,3H2,1-2H3,(H,16,17). The van der Waals surface area contributed by atoms with Crippen molar-refractivity contribution in [3.05, 3.63) is 53.9 Å². The molecule has 2 atom stereocenters. The van der Waals surface area contributed by atoms with Crippen LogP contribution in [0.1, 0.15) is 43.7 Å². The Morgan fingerprint density at radius 3 is 2.89 bits per heavy atom. The minimum absolute atomic E-state index is 0.105. The van der Waals surface area contributed by atoms with Crippen LogP contribution in [0.2, 0.25) is 0 Å². The van der Waals surface area contributed by atoms with E-state index in [1.165, 1.54) is 6.07 Å². The van der Waals surface area contributed by atoms with E-state index in [1.807, 2.05) is 13.0 Å². The van der Waals surface area contributed by atoms with Gasteiger partial charge in [-0.15, -0.1) is 0 Å². The summed E-state index contributed by atoms with van der Waals surface area (Å²) in [4.78, 5) is 7.30. The van der Waals surface area contributed by atoms with E-state index in [9.17, 15) is 4.39 Å². The molecule has 1 aromatic carbocycles. The van der Waals surface area contributed by atoms with Crippen LogP contribution in [0.15, 0.2) is 36.7 Å². The molecule has 1 aromatic heterocycles. The van der Waals surface area contributed by atoms with E-state index in [-0.39, 0.29) is 17.9 Å². The SMILES string of the molecule is CCC(NC(C)c1ncc[nH]1)c1cccc(F)c1. The van der Waals surface area contributed by atoms with Crippen LogP contribution in [0.4, 0.5) is 4.39 Å². The molecule has 0 bridgehead atoms. The van der Waals surface area contributed by atoms with Gasteiger partial charge in [0, 0.05) is 18.4 Å². The van der Waals surface area contributed by atoms with Crippen LogP contribution in [-0.2, 0) is 0 Å². The predicted molar refractivity (Wildman–Crippen MR) is 69.6 cm³/mol. The van der Waals surface area contributed by atoms with Crippen LogP contribution in [0.5, 0.6) is 0 Å². The summed E-state index contributed by atoms with van der Waals surface area (Å²) < 4.78 is 13.2. The summed E-state index contributed by atoms with van der Waals surface area (Å²) in [5.74, 6) is 0.697. The van der Waals surface area contributed by atoms with Crippen molar-refractivity contribution >= 4 is 0 Å². The molecule has 4 heteroatoms. The molecule has 2 unspecified atom stereocenters. The number of H-pyrrole nitrogens is 1. The molecule has 3 nitrogen and oxygen atoms in total. The lowest BCUT2D eigenvalue weighted by Gasteiger charge is -2.21. The second-order valence-electron chi connectivity index (χ2n) is 4.38. The van der Waals surface area contributed by atoms with E-state index in [4.69, 9.17) is 0 Å². The number of aromatic amines is 1. The van der Waals surface area contributed by atoms with Crippen molar-refractivity contribution in [1.82, 2.24) is 15.3 Å². The first-order valence-electron chi connectivity index (χ1n) is 6.21. The molecule has 96 valence electrons. The molecule has 0 saturated carbocycles. The van der Waals surface area contributed by atoms with E-state index < -0.39 is 0 Å². The van der Waals surface area contributed by atoms with Crippen molar-refractivity contribution < 1.29 is 4.39 Å². The number of benzene rings is 1. The van der Waals surface area contributed by atoms with Gasteiger partial charge in [0.05, 0.1) is 6.04 Å². The van der Waals surface area contributed by atoms with Crippen molar-refractivity contribution in [2.24, 2.45) is 0 Å². The molecule has 2 aromatic rings. The number of nitrogens with zero attached hydrogens (tertiary/aromatic N) is 1. The van der Waals surface area contributed by atoms with Crippen LogP contribution in [0.3, 0.4) is 0 Å². The summed E-state index contributed by atoms with van der Waals surface area (Å²) in [6.45, 7) is 4.12. The van der Waals surface area contributed by atoms with Gasteiger partial charge in [-0.1, -0.05) is 19.1 Å². The maximum atomic E-state index is 13.2. The summed E-state index contributed by atoms with van der Waals surface area (Å²) in [5, 5.41) is 3.45. The lowest BCUT2D eigenvalue weighted by Crippen LogP contribution is -2.25. The fourth-order valence-corrected chi connectivity index (χ4v) is 2.07. The zero-order chi connectivity index (χ0) is 13.0. The number of hydrogen-bond acceptors (Lipinski definition) is 2. The van der Waals surface area contributed by atoms with Crippen LogP contribution in [0, 0.1) is 5.82 Å². The molecule has 0 radical (unpaired) electrons. The van der Waals surface area contributed by atoms with E-state index in [0.717, 1.165) is 17.8 Å². The molecular weight excluding hydrogens is 229 g/mol. The molecule has 0 fully saturated rings. The number of hydrogen-bond donors (Lipinski definition) is 2. The molecule has 0 saturated heterocycles. The summed E-state index contributed by atoms with van der Waals surface area (Å²) in [5.41, 5.74) is 0.968. The van der Waals surface area contributed by atoms with Gasteiger partial charge in [0.15, 0.2) is 0 Å². The van der Waals surface area contributed by atoms with Gasteiger partial charge >= 0.3 is 0 Å².